The zero-order chi connectivity index (χ0) is 24.9. The summed E-state index contributed by atoms with van der Waals surface area (Å²) in [5.74, 6) is 0.317. The molecule has 4 rings (SSSR count). The van der Waals surface area contributed by atoms with Gasteiger partial charge in [-0.3, -0.25) is 9.59 Å². The van der Waals surface area contributed by atoms with E-state index in [2.05, 4.69) is 15.4 Å². The lowest BCUT2D eigenvalue weighted by molar-refractivity contribution is -0.112. The van der Waals surface area contributed by atoms with Gasteiger partial charge in [0, 0.05) is 11.8 Å². The van der Waals surface area contributed by atoms with Crippen molar-refractivity contribution >= 4 is 34.0 Å². The predicted molar refractivity (Wildman–Crippen MR) is 133 cm³/mol. The van der Waals surface area contributed by atoms with Crippen LogP contribution in [0.1, 0.15) is 21.8 Å². The van der Waals surface area contributed by atoms with Crippen LogP contribution in [0.25, 0.3) is 11.0 Å². The van der Waals surface area contributed by atoms with Crippen LogP contribution in [0.2, 0.25) is 0 Å². The number of carbonyl (C=O) groups is 1. The molecule has 9 nitrogen and oxygen atoms in total. The van der Waals surface area contributed by atoms with Gasteiger partial charge < -0.3 is 14.8 Å². The molecule has 0 aliphatic rings. The molecule has 176 valence electrons. The third-order valence-corrected chi connectivity index (χ3v) is 5.77. The fraction of sp³-hybridized carbons (Fsp3) is 0.160. The third kappa shape index (κ3) is 5.54. The number of aromatic nitrogens is 3. The number of aryl methyl sites for hydroxylation is 2. The number of nitrogens with one attached hydrogen (secondary N) is 1. The van der Waals surface area contributed by atoms with Crippen LogP contribution in [0.3, 0.4) is 0 Å². The van der Waals surface area contributed by atoms with E-state index in [0.717, 1.165) is 10.6 Å². The number of rotatable bonds is 7. The molecule has 0 aliphatic heterocycles. The van der Waals surface area contributed by atoms with Crippen molar-refractivity contribution in [3.05, 3.63) is 86.3 Å². The molecule has 0 unspecified atom stereocenters. The van der Waals surface area contributed by atoms with E-state index < -0.39 is 5.91 Å². The molecule has 0 atom stereocenters. The fourth-order valence-corrected chi connectivity index (χ4v) is 3.99. The number of fused-ring (bicyclic) bond motifs is 1. The Labute approximate surface area is 204 Å². The zero-order valence-electron chi connectivity index (χ0n) is 19.2. The van der Waals surface area contributed by atoms with Gasteiger partial charge in [-0.25, -0.2) is 4.98 Å². The highest BCUT2D eigenvalue weighted by atomic mass is 32.1. The van der Waals surface area contributed by atoms with Crippen molar-refractivity contribution in [2.45, 2.75) is 20.5 Å². The van der Waals surface area contributed by atoms with Crippen molar-refractivity contribution in [3.8, 4) is 17.6 Å². The lowest BCUT2D eigenvalue weighted by Crippen LogP contribution is -2.16. The minimum Gasteiger partial charge on any atom is -0.493 e. The topological polar surface area (TPSA) is 119 Å². The molecule has 0 spiro atoms. The van der Waals surface area contributed by atoms with Crippen molar-refractivity contribution < 1.29 is 14.3 Å². The van der Waals surface area contributed by atoms with E-state index in [0.29, 0.717) is 33.4 Å². The van der Waals surface area contributed by atoms with E-state index in [4.69, 9.17) is 9.47 Å². The van der Waals surface area contributed by atoms with Crippen molar-refractivity contribution in [3.63, 3.8) is 0 Å². The summed E-state index contributed by atoms with van der Waals surface area (Å²) in [6.45, 7) is 3.81. The first-order valence-electron chi connectivity index (χ1n) is 10.5. The third-order valence-electron chi connectivity index (χ3n) is 4.95. The molecule has 2 heterocycles. The molecule has 0 radical (unpaired) electrons. The second-order valence-electron chi connectivity index (χ2n) is 7.59. The normalized spacial score (nSPS) is 11.2. The Kier molecular flexibility index (Phi) is 6.89. The number of nitriles is 1. The average Bonchev–Trinajstić information content (AvgIpc) is 3.23. The molecule has 10 heteroatoms. The number of ether oxygens (including phenoxy) is 2. The second kappa shape index (κ2) is 10.2. The number of benzene rings is 2. The van der Waals surface area contributed by atoms with Crippen LogP contribution < -0.4 is 20.3 Å². The standard InChI is InChI=1S/C25H21N5O4S/c1-15-4-7-19(8-5-15)27-24(32)18(13-26)10-17-6-9-21(22(11-17)33-3)34-14-20-12-23(31)30-25(28-20)35-16(2)29-30/h4-12H,14H2,1-3H3,(H,27,32). The van der Waals surface area contributed by atoms with E-state index in [1.165, 1.54) is 35.1 Å². The summed E-state index contributed by atoms with van der Waals surface area (Å²) in [6.07, 6.45) is 1.47. The Balaban J connectivity index is 1.50. The molecule has 2 aromatic heterocycles. The van der Waals surface area contributed by atoms with Gasteiger partial charge in [0.15, 0.2) is 11.5 Å². The van der Waals surface area contributed by atoms with Crippen LogP contribution >= 0.6 is 11.3 Å². The predicted octanol–water partition coefficient (Wildman–Crippen LogP) is 3.90. The van der Waals surface area contributed by atoms with E-state index in [9.17, 15) is 14.9 Å². The van der Waals surface area contributed by atoms with Gasteiger partial charge in [0.2, 0.25) is 4.96 Å². The van der Waals surface area contributed by atoms with E-state index in [1.54, 1.807) is 37.3 Å². The second-order valence-corrected chi connectivity index (χ2v) is 8.75. The SMILES string of the molecule is COc1cc(C=C(C#N)C(=O)Nc2ccc(C)cc2)ccc1OCc1cc(=O)n2nc(C)sc2n1. The summed E-state index contributed by atoms with van der Waals surface area (Å²) in [6, 6.07) is 15.6. The minimum absolute atomic E-state index is 0.0522. The fourth-order valence-electron chi connectivity index (χ4n) is 3.22. The molecule has 4 aromatic rings. The van der Waals surface area contributed by atoms with Gasteiger partial charge in [-0.15, -0.1) is 0 Å². The number of carbonyl (C=O) groups excluding carboxylic acids is 1. The maximum absolute atomic E-state index is 12.5. The summed E-state index contributed by atoms with van der Waals surface area (Å²) in [5.41, 5.74) is 2.38. The Hall–Kier alpha value is -4.49. The quantitative estimate of drug-likeness (QED) is 0.310. The summed E-state index contributed by atoms with van der Waals surface area (Å²) in [5, 5.41) is 17.1. The zero-order valence-corrected chi connectivity index (χ0v) is 20.0. The monoisotopic (exact) mass is 487 g/mol. The molecule has 1 amide bonds. The Morgan fingerprint density at radius 2 is 1.94 bits per heavy atom. The molecule has 0 saturated heterocycles. The van der Waals surface area contributed by atoms with Crippen LogP contribution in [0.15, 0.2) is 58.9 Å². The summed E-state index contributed by atoms with van der Waals surface area (Å²) in [7, 11) is 1.49. The average molecular weight is 488 g/mol. The van der Waals surface area contributed by atoms with Gasteiger partial charge in [0.25, 0.3) is 11.5 Å². The molecular weight excluding hydrogens is 466 g/mol. The van der Waals surface area contributed by atoms with Gasteiger partial charge in [0.1, 0.15) is 23.3 Å². The highest BCUT2D eigenvalue weighted by molar-refractivity contribution is 7.16. The lowest BCUT2D eigenvalue weighted by Gasteiger charge is -2.11. The summed E-state index contributed by atoms with van der Waals surface area (Å²) in [4.78, 5) is 29.7. The summed E-state index contributed by atoms with van der Waals surface area (Å²) < 4.78 is 12.5. The van der Waals surface area contributed by atoms with Crippen LogP contribution in [0.5, 0.6) is 11.5 Å². The number of nitrogens with zero attached hydrogens (tertiary/aromatic N) is 4. The maximum atomic E-state index is 12.5. The van der Waals surface area contributed by atoms with E-state index in [-0.39, 0.29) is 17.7 Å². The van der Waals surface area contributed by atoms with Crippen molar-refractivity contribution in [1.29, 1.82) is 5.26 Å². The Bertz CT molecular complexity index is 1530. The van der Waals surface area contributed by atoms with E-state index >= 15 is 0 Å². The van der Waals surface area contributed by atoms with Crippen LogP contribution in [0, 0.1) is 25.2 Å². The molecule has 0 bridgehead atoms. The molecule has 2 aromatic carbocycles. The van der Waals surface area contributed by atoms with Crippen LogP contribution in [-0.2, 0) is 11.4 Å². The first-order valence-corrected chi connectivity index (χ1v) is 11.3. The highest BCUT2D eigenvalue weighted by Crippen LogP contribution is 2.29. The number of hydrogen-bond donors (Lipinski definition) is 1. The molecule has 1 N–H and O–H groups in total. The lowest BCUT2D eigenvalue weighted by atomic mass is 10.1. The first-order chi connectivity index (χ1) is 16.9. The first kappa shape index (κ1) is 23.7. The van der Waals surface area contributed by atoms with Gasteiger partial charge >= 0.3 is 0 Å². The number of methoxy groups -OCH3 is 1. The Morgan fingerprint density at radius 3 is 2.66 bits per heavy atom. The molecule has 0 aliphatic carbocycles. The van der Waals surface area contributed by atoms with Crippen LogP contribution in [0.4, 0.5) is 5.69 Å². The maximum Gasteiger partial charge on any atom is 0.275 e. The number of hydrogen-bond acceptors (Lipinski definition) is 8. The summed E-state index contributed by atoms with van der Waals surface area (Å²) >= 11 is 1.32. The molecule has 35 heavy (non-hydrogen) atoms. The molecular formula is C25H21N5O4S. The Morgan fingerprint density at radius 1 is 1.17 bits per heavy atom. The molecule has 0 fully saturated rings. The van der Waals surface area contributed by atoms with Gasteiger partial charge in [0.05, 0.1) is 12.8 Å². The minimum atomic E-state index is -0.512. The largest absolute Gasteiger partial charge is 0.493 e. The van der Waals surface area contributed by atoms with Gasteiger partial charge in [-0.05, 0) is 49.8 Å². The highest BCUT2D eigenvalue weighted by Gasteiger charge is 2.13. The van der Waals surface area contributed by atoms with Gasteiger partial charge in [-0.1, -0.05) is 35.1 Å². The number of amides is 1. The van der Waals surface area contributed by atoms with E-state index in [1.807, 2.05) is 25.1 Å². The van der Waals surface area contributed by atoms with Crippen molar-refractivity contribution in [2.24, 2.45) is 0 Å². The van der Waals surface area contributed by atoms with Crippen molar-refractivity contribution in [2.75, 3.05) is 12.4 Å². The van der Waals surface area contributed by atoms with Crippen molar-refractivity contribution in [1.82, 2.24) is 14.6 Å². The number of anilines is 1. The van der Waals surface area contributed by atoms with Gasteiger partial charge in [-0.2, -0.15) is 14.9 Å². The smallest absolute Gasteiger partial charge is 0.275 e. The van der Waals surface area contributed by atoms with Crippen LogP contribution in [-0.4, -0.2) is 27.6 Å². The molecule has 0 saturated carbocycles.